The normalized spacial score (nSPS) is 17.1. The molecule has 94 valence electrons. The van der Waals surface area contributed by atoms with Gasteiger partial charge in [-0.2, -0.15) is 5.26 Å². The molecule has 1 heterocycles. The zero-order valence-electron chi connectivity index (χ0n) is 10.2. The van der Waals surface area contributed by atoms with Gasteiger partial charge in [0.1, 0.15) is 5.54 Å². The molecule has 1 saturated carbocycles. The van der Waals surface area contributed by atoms with Crippen molar-refractivity contribution in [1.29, 1.82) is 5.26 Å². The fourth-order valence-electron chi connectivity index (χ4n) is 2.35. The van der Waals surface area contributed by atoms with Crippen LogP contribution in [0.2, 0.25) is 0 Å². The Morgan fingerprint density at radius 1 is 1.44 bits per heavy atom. The summed E-state index contributed by atoms with van der Waals surface area (Å²) in [4.78, 5) is 25.9. The average molecular weight is 245 g/mol. The Morgan fingerprint density at radius 3 is 2.67 bits per heavy atom. The first-order valence-electron chi connectivity index (χ1n) is 5.99. The van der Waals surface area contributed by atoms with Gasteiger partial charge in [0.2, 0.25) is 5.56 Å². The fourth-order valence-corrected chi connectivity index (χ4v) is 2.35. The predicted molar refractivity (Wildman–Crippen MR) is 66.1 cm³/mol. The average Bonchev–Trinajstić information content (AvgIpc) is 2.77. The standard InChI is InChI=1S/C13H15N3O2/c1-9-6-10(7-11(17)15-9)12(18)16-13(8-14)4-2-3-5-13/h6-7H,2-5H2,1H3,(H,15,17)(H,16,18). The zero-order chi connectivity index (χ0) is 13.2. The van der Waals surface area contributed by atoms with Crippen LogP contribution in [0.3, 0.4) is 0 Å². The Labute approximate surface area is 105 Å². The predicted octanol–water partition coefficient (Wildman–Crippen LogP) is 1.25. The number of pyridine rings is 1. The Kier molecular flexibility index (Phi) is 3.19. The third-order valence-electron chi connectivity index (χ3n) is 3.27. The molecule has 5 nitrogen and oxygen atoms in total. The molecule has 0 atom stereocenters. The van der Waals surface area contributed by atoms with Crippen molar-refractivity contribution in [2.24, 2.45) is 0 Å². The Morgan fingerprint density at radius 2 is 2.11 bits per heavy atom. The van der Waals surface area contributed by atoms with E-state index in [1.54, 1.807) is 13.0 Å². The van der Waals surface area contributed by atoms with E-state index in [2.05, 4.69) is 16.4 Å². The molecule has 1 aliphatic rings. The summed E-state index contributed by atoms with van der Waals surface area (Å²) in [6.07, 6.45) is 3.25. The molecular weight excluding hydrogens is 230 g/mol. The van der Waals surface area contributed by atoms with Gasteiger partial charge in [-0.1, -0.05) is 0 Å². The maximum absolute atomic E-state index is 12.1. The Bertz CT molecular complexity index is 562. The zero-order valence-corrected chi connectivity index (χ0v) is 10.2. The molecule has 0 aromatic carbocycles. The van der Waals surface area contributed by atoms with Crippen LogP contribution in [0.15, 0.2) is 16.9 Å². The molecule has 0 unspecified atom stereocenters. The van der Waals surface area contributed by atoms with Crippen molar-refractivity contribution in [1.82, 2.24) is 10.3 Å². The minimum absolute atomic E-state index is 0.303. The number of hydrogen-bond acceptors (Lipinski definition) is 3. The van der Waals surface area contributed by atoms with Crippen molar-refractivity contribution in [3.63, 3.8) is 0 Å². The number of carbonyl (C=O) groups excluding carboxylic acids is 1. The van der Waals surface area contributed by atoms with Gasteiger partial charge in [0.25, 0.3) is 5.91 Å². The quantitative estimate of drug-likeness (QED) is 0.822. The molecule has 0 aliphatic heterocycles. The van der Waals surface area contributed by atoms with Gasteiger partial charge in [-0.25, -0.2) is 0 Å². The topological polar surface area (TPSA) is 85.8 Å². The number of nitrogens with zero attached hydrogens (tertiary/aromatic N) is 1. The first-order chi connectivity index (χ1) is 8.54. The molecule has 0 bridgehead atoms. The van der Waals surface area contributed by atoms with Crippen LogP contribution in [0.25, 0.3) is 0 Å². The van der Waals surface area contributed by atoms with E-state index in [9.17, 15) is 14.9 Å². The van der Waals surface area contributed by atoms with Gasteiger partial charge in [0.15, 0.2) is 0 Å². The minimum atomic E-state index is -0.756. The summed E-state index contributed by atoms with van der Waals surface area (Å²) in [6.45, 7) is 1.72. The van der Waals surface area contributed by atoms with Gasteiger partial charge in [-0.3, -0.25) is 9.59 Å². The van der Waals surface area contributed by atoms with E-state index in [1.807, 2.05) is 0 Å². The summed E-state index contributed by atoms with van der Waals surface area (Å²) in [7, 11) is 0. The van der Waals surface area contributed by atoms with Crippen molar-refractivity contribution in [2.75, 3.05) is 0 Å². The van der Waals surface area contributed by atoms with Gasteiger partial charge < -0.3 is 10.3 Å². The van der Waals surface area contributed by atoms with E-state index >= 15 is 0 Å². The molecule has 18 heavy (non-hydrogen) atoms. The van der Waals surface area contributed by atoms with E-state index in [0.29, 0.717) is 24.1 Å². The summed E-state index contributed by atoms with van der Waals surface area (Å²) in [5.41, 5.74) is -0.131. The molecule has 1 aromatic rings. The van der Waals surface area contributed by atoms with Crippen LogP contribution in [0.4, 0.5) is 0 Å². The van der Waals surface area contributed by atoms with Crippen LogP contribution < -0.4 is 10.9 Å². The summed E-state index contributed by atoms with van der Waals surface area (Å²) in [6, 6.07) is 5.05. The summed E-state index contributed by atoms with van der Waals surface area (Å²) >= 11 is 0. The van der Waals surface area contributed by atoms with Gasteiger partial charge in [-0.05, 0) is 38.7 Å². The Hall–Kier alpha value is -2.09. The molecule has 2 rings (SSSR count). The number of hydrogen-bond donors (Lipinski definition) is 2. The van der Waals surface area contributed by atoms with Crippen molar-refractivity contribution < 1.29 is 4.79 Å². The van der Waals surface area contributed by atoms with Crippen LogP contribution >= 0.6 is 0 Å². The van der Waals surface area contributed by atoms with Crippen LogP contribution in [-0.2, 0) is 0 Å². The van der Waals surface area contributed by atoms with E-state index in [1.165, 1.54) is 6.07 Å². The molecule has 0 saturated heterocycles. The van der Waals surface area contributed by atoms with Crippen LogP contribution in [0.1, 0.15) is 41.7 Å². The number of aromatic amines is 1. The Balaban J connectivity index is 2.22. The van der Waals surface area contributed by atoms with Gasteiger partial charge in [0, 0.05) is 17.3 Å². The monoisotopic (exact) mass is 245 g/mol. The highest BCUT2D eigenvalue weighted by Gasteiger charge is 2.35. The number of amides is 1. The first kappa shape index (κ1) is 12.4. The minimum Gasteiger partial charge on any atom is -0.334 e. The lowest BCUT2D eigenvalue weighted by molar-refractivity contribution is 0.0920. The lowest BCUT2D eigenvalue weighted by Gasteiger charge is -2.21. The highest BCUT2D eigenvalue weighted by Crippen LogP contribution is 2.29. The van der Waals surface area contributed by atoms with Crippen molar-refractivity contribution >= 4 is 5.91 Å². The lowest BCUT2D eigenvalue weighted by atomic mass is 9.99. The molecule has 1 fully saturated rings. The van der Waals surface area contributed by atoms with E-state index in [-0.39, 0.29) is 11.5 Å². The van der Waals surface area contributed by atoms with Crippen molar-refractivity contribution in [3.8, 4) is 6.07 Å². The second-order valence-corrected chi connectivity index (χ2v) is 4.77. The fraction of sp³-hybridized carbons (Fsp3) is 0.462. The summed E-state index contributed by atoms with van der Waals surface area (Å²) < 4.78 is 0. The van der Waals surface area contributed by atoms with E-state index < -0.39 is 5.54 Å². The molecule has 5 heteroatoms. The van der Waals surface area contributed by atoms with Crippen LogP contribution in [-0.4, -0.2) is 16.4 Å². The maximum atomic E-state index is 12.1. The molecule has 1 amide bonds. The number of carbonyl (C=O) groups is 1. The van der Waals surface area contributed by atoms with Crippen molar-refractivity contribution in [2.45, 2.75) is 38.1 Å². The SMILES string of the molecule is Cc1cc(C(=O)NC2(C#N)CCCC2)cc(=O)[nH]1. The molecule has 2 N–H and O–H groups in total. The third kappa shape index (κ3) is 2.43. The summed E-state index contributed by atoms with van der Waals surface area (Å²) in [5, 5.41) is 11.9. The second kappa shape index (κ2) is 4.65. The van der Waals surface area contributed by atoms with Gasteiger partial charge in [0.05, 0.1) is 6.07 Å². The van der Waals surface area contributed by atoms with Crippen LogP contribution in [0, 0.1) is 18.3 Å². The summed E-state index contributed by atoms with van der Waals surface area (Å²) in [5.74, 6) is -0.354. The first-order valence-corrected chi connectivity index (χ1v) is 5.99. The van der Waals surface area contributed by atoms with Gasteiger partial charge in [-0.15, -0.1) is 0 Å². The lowest BCUT2D eigenvalue weighted by Crippen LogP contribution is -2.45. The third-order valence-corrected chi connectivity index (χ3v) is 3.27. The highest BCUT2D eigenvalue weighted by molar-refractivity contribution is 5.95. The van der Waals surface area contributed by atoms with E-state index in [4.69, 9.17) is 0 Å². The maximum Gasteiger partial charge on any atom is 0.252 e. The number of rotatable bonds is 2. The number of nitrogens with one attached hydrogen (secondary N) is 2. The second-order valence-electron chi connectivity index (χ2n) is 4.77. The number of aryl methyl sites for hydroxylation is 1. The molecule has 1 aliphatic carbocycles. The number of H-pyrrole nitrogens is 1. The smallest absolute Gasteiger partial charge is 0.252 e. The van der Waals surface area contributed by atoms with Crippen molar-refractivity contribution in [3.05, 3.63) is 33.7 Å². The number of nitriles is 1. The van der Waals surface area contributed by atoms with Gasteiger partial charge >= 0.3 is 0 Å². The molecule has 0 radical (unpaired) electrons. The van der Waals surface area contributed by atoms with E-state index in [0.717, 1.165) is 12.8 Å². The van der Waals surface area contributed by atoms with Crippen LogP contribution in [0.5, 0.6) is 0 Å². The largest absolute Gasteiger partial charge is 0.334 e. The highest BCUT2D eigenvalue weighted by atomic mass is 16.2. The molecular formula is C13H15N3O2. The molecule has 0 spiro atoms. The number of aromatic nitrogens is 1. The molecule has 1 aromatic heterocycles.